The zero-order chi connectivity index (χ0) is 22.5. The molecule has 8 N–H and O–H groups in total. The van der Waals surface area contributed by atoms with E-state index in [0.29, 0.717) is 24.5 Å². The number of nitrogens with zero attached hydrogens (tertiary/aromatic N) is 2. The maximum absolute atomic E-state index is 10.1. The van der Waals surface area contributed by atoms with Crippen LogP contribution in [0.3, 0.4) is 0 Å². The normalized spacial score (nSPS) is 11.1. The quantitative estimate of drug-likeness (QED) is 0.104. The fraction of sp³-hybridized carbons (Fsp3) is 0.250. The van der Waals surface area contributed by atoms with Crippen LogP contribution in [0.1, 0.15) is 35.6 Å². The molecule has 8 nitrogen and oxygen atoms in total. The highest BCUT2D eigenvalue weighted by Gasteiger charge is 2.16. The Bertz CT molecular complexity index is 1100. The molecule has 2 aromatic carbocycles. The fourth-order valence-corrected chi connectivity index (χ4v) is 3.94. The molecule has 2 heterocycles. The lowest BCUT2D eigenvalue weighted by Gasteiger charge is -2.06. The van der Waals surface area contributed by atoms with E-state index in [4.69, 9.17) is 11.5 Å². The van der Waals surface area contributed by atoms with Gasteiger partial charge in [0.05, 0.1) is 0 Å². The minimum absolute atomic E-state index is 0.251. The number of phenolic OH excluding ortho intramolecular Hbond substituents is 2. The molecule has 0 saturated heterocycles. The van der Waals surface area contributed by atoms with Gasteiger partial charge >= 0.3 is 0 Å². The van der Waals surface area contributed by atoms with Gasteiger partial charge in [0, 0.05) is 35.3 Å². The summed E-state index contributed by atoms with van der Waals surface area (Å²) in [6.07, 6.45) is 11.6. The number of H-pyrrole nitrogens is 2. The Hall–Kier alpha value is -3.94. The SMILES string of the molecule is Nc1ccc(O)c(C[n+]2cc[nH]c2CCCCc2[nH]cc[n+]2Cc2cc(N)ccc2O)c1. The number of aromatic nitrogens is 4. The average molecular weight is 435 g/mol. The lowest BCUT2D eigenvalue weighted by atomic mass is 10.1. The summed E-state index contributed by atoms with van der Waals surface area (Å²) in [5.74, 6) is 2.72. The highest BCUT2D eigenvalue weighted by Crippen LogP contribution is 2.20. The predicted molar refractivity (Wildman–Crippen MR) is 122 cm³/mol. The van der Waals surface area contributed by atoms with E-state index in [-0.39, 0.29) is 11.5 Å². The highest BCUT2D eigenvalue weighted by atomic mass is 16.3. The molecule has 4 aromatic rings. The van der Waals surface area contributed by atoms with Crippen LogP contribution in [-0.2, 0) is 25.9 Å². The molecule has 0 atom stereocenters. The third-order valence-electron chi connectivity index (χ3n) is 5.67. The van der Waals surface area contributed by atoms with Crippen molar-refractivity contribution >= 4 is 11.4 Å². The highest BCUT2D eigenvalue weighted by molar-refractivity contribution is 5.47. The third-order valence-corrected chi connectivity index (χ3v) is 5.67. The van der Waals surface area contributed by atoms with E-state index < -0.39 is 0 Å². The summed E-state index contributed by atoms with van der Waals surface area (Å²) in [5, 5.41) is 20.2. The van der Waals surface area contributed by atoms with Gasteiger partial charge < -0.3 is 21.7 Å². The van der Waals surface area contributed by atoms with Gasteiger partial charge in [-0.05, 0) is 49.2 Å². The molecule has 2 aromatic heterocycles. The van der Waals surface area contributed by atoms with Gasteiger partial charge in [0.15, 0.2) is 0 Å². The van der Waals surface area contributed by atoms with Crippen molar-refractivity contribution in [2.45, 2.75) is 38.8 Å². The number of unbranched alkanes of at least 4 members (excludes halogenated alkanes) is 1. The van der Waals surface area contributed by atoms with E-state index in [2.05, 4.69) is 19.1 Å². The first kappa shape index (κ1) is 21.3. The summed E-state index contributed by atoms with van der Waals surface area (Å²) in [5.41, 5.74) is 14.6. The predicted octanol–water partition coefficient (Wildman–Crippen LogP) is 2.16. The first-order chi connectivity index (χ1) is 15.5. The van der Waals surface area contributed by atoms with Gasteiger partial charge in [-0.2, -0.15) is 0 Å². The molecule has 0 spiro atoms. The Morgan fingerprint density at radius 1 is 0.688 bits per heavy atom. The maximum Gasteiger partial charge on any atom is 0.254 e. The molecular formula is C24H30N6O2+2. The number of imidazole rings is 2. The molecule has 0 aliphatic rings. The largest absolute Gasteiger partial charge is 0.508 e. The second kappa shape index (κ2) is 9.47. The lowest BCUT2D eigenvalue weighted by molar-refractivity contribution is -0.695. The minimum Gasteiger partial charge on any atom is -0.508 e. The molecule has 32 heavy (non-hydrogen) atoms. The van der Waals surface area contributed by atoms with Crippen molar-refractivity contribution in [3.8, 4) is 11.5 Å². The van der Waals surface area contributed by atoms with Crippen LogP contribution in [0, 0.1) is 0 Å². The van der Waals surface area contributed by atoms with Crippen molar-refractivity contribution in [3.05, 3.63) is 84.0 Å². The van der Waals surface area contributed by atoms with Gasteiger partial charge in [-0.15, -0.1) is 0 Å². The molecule has 0 bridgehead atoms. The summed E-state index contributed by atoms with van der Waals surface area (Å²) in [6.45, 7) is 1.13. The second-order valence-electron chi connectivity index (χ2n) is 8.05. The zero-order valence-corrected chi connectivity index (χ0v) is 18.0. The number of aromatic hydroxyl groups is 2. The van der Waals surface area contributed by atoms with E-state index in [1.165, 1.54) is 0 Å². The van der Waals surface area contributed by atoms with Crippen LogP contribution in [0.4, 0.5) is 11.4 Å². The Balaban J connectivity index is 1.33. The number of rotatable bonds is 9. The first-order valence-corrected chi connectivity index (χ1v) is 10.8. The van der Waals surface area contributed by atoms with Crippen LogP contribution in [0.2, 0.25) is 0 Å². The Labute approximate surface area is 186 Å². The van der Waals surface area contributed by atoms with E-state index in [1.807, 2.05) is 24.8 Å². The lowest BCUT2D eigenvalue weighted by Crippen LogP contribution is -2.37. The average Bonchev–Trinajstić information content (AvgIpc) is 3.40. The molecule has 0 unspecified atom stereocenters. The molecule has 0 aliphatic carbocycles. The number of hydrogen-bond acceptors (Lipinski definition) is 4. The van der Waals surface area contributed by atoms with Crippen molar-refractivity contribution in [1.82, 2.24) is 9.97 Å². The van der Waals surface area contributed by atoms with Crippen LogP contribution in [0.5, 0.6) is 11.5 Å². The first-order valence-electron chi connectivity index (χ1n) is 10.8. The van der Waals surface area contributed by atoms with E-state index in [0.717, 1.165) is 48.5 Å². The number of anilines is 2. The molecule has 0 fully saturated rings. The van der Waals surface area contributed by atoms with E-state index in [1.54, 1.807) is 36.4 Å². The van der Waals surface area contributed by atoms with Crippen LogP contribution in [0.15, 0.2) is 61.2 Å². The summed E-state index contributed by atoms with van der Waals surface area (Å²) >= 11 is 0. The molecule has 0 amide bonds. The van der Waals surface area contributed by atoms with Crippen LogP contribution >= 0.6 is 0 Å². The molecule has 4 rings (SSSR count). The Morgan fingerprint density at radius 2 is 1.12 bits per heavy atom. The molecular weight excluding hydrogens is 404 g/mol. The number of hydrogen-bond donors (Lipinski definition) is 6. The van der Waals surface area contributed by atoms with Crippen molar-refractivity contribution in [3.63, 3.8) is 0 Å². The van der Waals surface area contributed by atoms with Crippen molar-refractivity contribution in [2.75, 3.05) is 11.5 Å². The van der Waals surface area contributed by atoms with E-state index >= 15 is 0 Å². The van der Waals surface area contributed by atoms with Crippen molar-refractivity contribution < 1.29 is 19.3 Å². The third kappa shape index (κ3) is 5.03. The van der Waals surface area contributed by atoms with Gasteiger partial charge in [0.2, 0.25) is 0 Å². The summed E-state index contributed by atoms with van der Waals surface area (Å²) < 4.78 is 4.21. The number of nitrogens with one attached hydrogen (secondary N) is 2. The maximum atomic E-state index is 10.1. The molecule has 0 aliphatic heterocycles. The summed E-state index contributed by atoms with van der Waals surface area (Å²) in [6, 6.07) is 10.3. The minimum atomic E-state index is 0.251. The summed E-state index contributed by atoms with van der Waals surface area (Å²) in [7, 11) is 0. The van der Waals surface area contributed by atoms with Gasteiger partial charge in [0.25, 0.3) is 11.6 Å². The number of benzene rings is 2. The van der Waals surface area contributed by atoms with Gasteiger partial charge in [-0.1, -0.05) is 0 Å². The van der Waals surface area contributed by atoms with Crippen molar-refractivity contribution in [1.29, 1.82) is 0 Å². The van der Waals surface area contributed by atoms with Gasteiger partial charge in [-0.25, -0.2) is 19.1 Å². The Morgan fingerprint density at radius 3 is 1.56 bits per heavy atom. The summed E-state index contributed by atoms with van der Waals surface area (Å²) in [4.78, 5) is 6.61. The van der Waals surface area contributed by atoms with Crippen LogP contribution < -0.4 is 20.6 Å². The fourth-order valence-electron chi connectivity index (χ4n) is 3.94. The second-order valence-corrected chi connectivity index (χ2v) is 8.05. The van der Waals surface area contributed by atoms with E-state index in [9.17, 15) is 10.2 Å². The topological polar surface area (TPSA) is 132 Å². The standard InChI is InChI=1S/C24H28N6O2/c25-19-5-7-21(31)17(13-19)15-29-11-9-27-23(29)3-1-2-4-24-28-10-12-30(24)16-18-14-20(26)6-8-22(18)32/h5-14,31-32H,1-4,15-16,25-26H2/p+2. The van der Waals surface area contributed by atoms with Gasteiger partial charge in [0.1, 0.15) is 49.4 Å². The monoisotopic (exact) mass is 434 g/mol. The number of aryl methyl sites for hydroxylation is 2. The molecule has 0 radical (unpaired) electrons. The molecule has 8 heteroatoms. The number of aromatic amines is 2. The van der Waals surface area contributed by atoms with Crippen LogP contribution in [0.25, 0.3) is 0 Å². The number of nitrogens with two attached hydrogens (primary N) is 2. The number of phenols is 2. The smallest absolute Gasteiger partial charge is 0.254 e. The molecule has 0 saturated carbocycles. The molecule has 166 valence electrons. The zero-order valence-electron chi connectivity index (χ0n) is 18.0. The Kier molecular flexibility index (Phi) is 6.30. The van der Waals surface area contributed by atoms with Crippen molar-refractivity contribution in [2.24, 2.45) is 0 Å². The van der Waals surface area contributed by atoms with Gasteiger partial charge in [-0.3, -0.25) is 0 Å². The number of nitrogen functional groups attached to an aromatic ring is 2. The van der Waals surface area contributed by atoms with Crippen LogP contribution in [-0.4, -0.2) is 20.2 Å².